The molecule has 4 unspecified atom stereocenters. The second-order valence-corrected chi connectivity index (χ2v) is 7.65. The zero-order valence-corrected chi connectivity index (χ0v) is 11.0. The molecule has 0 aromatic heterocycles. The van der Waals surface area contributed by atoms with Gasteiger partial charge in [0.25, 0.3) is 0 Å². The normalized spacial score (nSPS) is 45.0. The van der Waals surface area contributed by atoms with E-state index in [0.717, 1.165) is 22.3 Å². The molecule has 2 rings (SSSR count). The van der Waals surface area contributed by atoms with Crippen LogP contribution in [0.25, 0.3) is 0 Å². The first-order valence-electron chi connectivity index (χ1n) is 5.99. The van der Waals surface area contributed by atoms with E-state index in [4.69, 9.17) is 0 Å². The van der Waals surface area contributed by atoms with Crippen molar-refractivity contribution in [2.75, 3.05) is 11.5 Å². The summed E-state index contributed by atoms with van der Waals surface area (Å²) in [4.78, 5) is 0. The Labute approximate surface area is 97.0 Å². The van der Waals surface area contributed by atoms with Gasteiger partial charge in [-0.15, -0.1) is 0 Å². The summed E-state index contributed by atoms with van der Waals surface area (Å²) in [6, 6.07) is 0. The monoisotopic (exact) mass is 230 g/mol. The molecule has 0 aromatic rings. The fourth-order valence-corrected chi connectivity index (χ4v) is 5.66. The third-order valence-corrected chi connectivity index (χ3v) is 7.17. The highest BCUT2D eigenvalue weighted by molar-refractivity contribution is 8.03. The Morgan fingerprint density at radius 1 is 0.714 bits per heavy atom. The molecule has 2 aliphatic heterocycles. The van der Waals surface area contributed by atoms with Gasteiger partial charge in [0.05, 0.1) is 0 Å². The molecule has 0 nitrogen and oxygen atoms in total. The number of hydrogen-bond acceptors (Lipinski definition) is 2. The molecule has 82 valence electrons. The summed E-state index contributed by atoms with van der Waals surface area (Å²) in [5.41, 5.74) is 0. The molecule has 0 saturated carbocycles. The Hall–Kier alpha value is 0.700. The molecular weight excluding hydrogens is 208 g/mol. The molecule has 0 N–H and O–H groups in total. The summed E-state index contributed by atoms with van der Waals surface area (Å²) in [5.74, 6) is 4.78. The molecule has 2 fully saturated rings. The highest BCUT2D eigenvalue weighted by atomic mass is 32.2. The highest BCUT2D eigenvalue weighted by Gasteiger charge is 2.29. The molecule has 2 heterocycles. The third-order valence-electron chi connectivity index (χ3n) is 3.49. The van der Waals surface area contributed by atoms with Crippen molar-refractivity contribution < 1.29 is 0 Å². The Bertz CT molecular complexity index is 145. The largest absolute Gasteiger partial charge is 0.157 e. The van der Waals surface area contributed by atoms with E-state index in [1.165, 1.54) is 37.2 Å². The van der Waals surface area contributed by atoms with Gasteiger partial charge in [-0.1, -0.05) is 13.8 Å². The van der Waals surface area contributed by atoms with Crippen molar-refractivity contribution in [3.05, 3.63) is 0 Å². The number of hydrogen-bond donors (Lipinski definition) is 0. The first kappa shape index (κ1) is 11.2. The molecule has 0 aromatic carbocycles. The molecule has 14 heavy (non-hydrogen) atoms. The second-order valence-electron chi connectivity index (χ2n) is 5.11. The van der Waals surface area contributed by atoms with Crippen LogP contribution in [0.4, 0.5) is 0 Å². The van der Waals surface area contributed by atoms with Crippen LogP contribution >= 0.6 is 23.5 Å². The van der Waals surface area contributed by atoms with Crippen LogP contribution in [0, 0.1) is 11.8 Å². The fraction of sp³-hybridized carbons (Fsp3) is 1.00. The molecule has 0 radical (unpaired) electrons. The zero-order valence-electron chi connectivity index (χ0n) is 9.37. The van der Waals surface area contributed by atoms with Gasteiger partial charge in [0.15, 0.2) is 0 Å². The van der Waals surface area contributed by atoms with E-state index in [2.05, 4.69) is 37.4 Å². The predicted molar refractivity (Wildman–Crippen MR) is 69.3 cm³/mol. The van der Waals surface area contributed by atoms with Gasteiger partial charge in [-0.05, 0) is 49.0 Å². The lowest BCUT2D eigenvalue weighted by Gasteiger charge is -2.35. The first-order valence-corrected chi connectivity index (χ1v) is 8.08. The minimum Gasteiger partial charge on any atom is -0.157 e. The van der Waals surface area contributed by atoms with Crippen molar-refractivity contribution in [1.29, 1.82) is 0 Å². The summed E-state index contributed by atoms with van der Waals surface area (Å²) in [6.07, 6.45) is 5.92. The predicted octanol–water partition coefficient (Wildman–Crippen LogP) is 4.05. The van der Waals surface area contributed by atoms with Gasteiger partial charge in [-0.3, -0.25) is 0 Å². The van der Waals surface area contributed by atoms with Gasteiger partial charge in [-0.2, -0.15) is 23.5 Å². The van der Waals surface area contributed by atoms with Crippen LogP contribution in [0.3, 0.4) is 0 Å². The van der Waals surface area contributed by atoms with Crippen molar-refractivity contribution in [3.8, 4) is 0 Å². The van der Waals surface area contributed by atoms with Crippen molar-refractivity contribution in [3.63, 3.8) is 0 Å². The minimum atomic E-state index is 0.976. The van der Waals surface area contributed by atoms with Gasteiger partial charge in [0, 0.05) is 10.5 Å². The van der Waals surface area contributed by atoms with E-state index in [0.29, 0.717) is 0 Å². The first-order chi connectivity index (χ1) is 6.75. The summed E-state index contributed by atoms with van der Waals surface area (Å²) >= 11 is 4.52. The van der Waals surface area contributed by atoms with Crippen molar-refractivity contribution in [1.82, 2.24) is 0 Å². The number of rotatable bonds is 1. The molecule has 0 aliphatic carbocycles. The average Bonchev–Trinajstić information content (AvgIpc) is 2.21. The Morgan fingerprint density at radius 3 is 1.43 bits per heavy atom. The third kappa shape index (κ3) is 2.85. The summed E-state index contributed by atoms with van der Waals surface area (Å²) < 4.78 is 0. The maximum absolute atomic E-state index is 2.40. The smallest absolute Gasteiger partial charge is 0.0166 e. The maximum Gasteiger partial charge on any atom is 0.0166 e. The van der Waals surface area contributed by atoms with Crippen LogP contribution in [0.1, 0.15) is 39.5 Å². The lowest BCUT2D eigenvalue weighted by molar-refractivity contribution is 0.480. The number of thioether (sulfide) groups is 2. The zero-order chi connectivity index (χ0) is 9.97. The Balaban J connectivity index is 1.78. The summed E-state index contributed by atoms with van der Waals surface area (Å²) in [7, 11) is 0. The molecule has 0 spiro atoms. The molecule has 2 aliphatic rings. The van der Waals surface area contributed by atoms with Gasteiger partial charge in [-0.25, -0.2) is 0 Å². The Morgan fingerprint density at radius 2 is 1.14 bits per heavy atom. The van der Waals surface area contributed by atoms with E-state index in [9.17, 15) is 0 Å². The fourth-order valence-electron chi connectivity index (χ4n) is 2.39. The van der Waals surface area contributed by atoms with E-state index in [-0.39, 0.29) is 0 Å². The molecule has 4 atom stereocenters. The van der Waals surface area contributed by atoms with Crippen molar-refractivity contribution in [2.24, 2.45) is 11.8 Å². The van der Waals surface area contributed by atoms with Gasteiger partial charge >= 0.3 is 0 Å². The molecule has 2 saturated heterocycles. The topological polar surface area (TPSA) is 0 Å². The van der Waals surface area contributed by atoms with Crippen molar-refractivity contribution >= 4 is 23.5 Å². The highest BCUT2D eigenvalue weighted by Crippen LogP contribution is 2.40. The van der Waals surface area contributed by atoms with Crippen LogP contribution in [-0.4, -0.2) is 22.0 Å². The lowest BCUT2D eigenvalue weighted by Crippen LogP contribution is -2.29. The summed E-state index contributed by atoms with van der Waals surface area (Å²) in [6.45, 7) is 4.80. The van der Waals surface area contributed by atoms with Gasteiger partial charge in [0.1, 0.15) is 0 Å². The standard InChI is InChI=1S/C12H22S2/c1-9-3-5-11(13-7-9)12-6-4-10(2)8-14-12/h9-12H,3-8H2,1-2H3. The van der Waals surface area contributed by atoms with Gasteiger partial charge < -0.3 is 0 Å². The van der Waals surface area contributed by atoms with E-state index in [1.54, 1.807) is 0 Å². The molecular formula is C12H22S2. The second kappa shape index (κ2) is 5.16. The van der Waals surface area contributed by atoms with Crippen LogP contribution in [-0.2, 0) is 0 Å². The van der Waals surface area contributed by atoms with E-state index >= 15 is 0 Å². The Kier molecular flexibility index (Phi) is 4.12. The van der Waals surface area contributed by atoms with Crippen LogP contribution in [0.5, 0.6) is 0 Å². The molecule has 2 heteroatoms. The quantitative estimate of drug-likeness (QED) is 0.666. The SMILES string of the molecule is CC1CCC(C2CCC(C)CS2)SC1. The lowest BCUT2D eigenvalue weighted by atomic mass is 9.99. The van der Waals surface area contributed by atoms with Crippen molar-refractivity contribution in [2.45, 2.75) is 50.0 Å². The van der Waals surface area contributed by atoms with E-state index in [1.807, 2.05) is 0 Å². The van der Waals surface area contributed by atoms with E-state index < -0.39 is 0 Å². The maximum atomic E-state index is 2.40. The van der Waals surface area contributed by atoms with Crippen LogP contribution in [0.2, 0.25) is 0 Å². The minimum absolute atomic E-state index is 0.976. The van der Waals surface area contributed by atoms with Gasteiger partial charge in [0.2, 0.25) is 0 Å². The summed E-state index contributed by atoms with van der Waals surface area (Å²) in [5, 5.41) is 1.98. The average molecular weight is 230 g/mol. The van der Waals surface area contributed by atoms with Crippen LogP contribution < -0.4 is 0 Å². The molecule has 0 amide bonds. The molecule has 0 bridgehead atoms. The van der Waals surface area contributed by atoms with Crippen LogP contribution in [0.15, 0.2) is 0 Å².